The van der Waals surface area contributed by atoms with Gasteiger partial charge in [0.05, 0.1) is 4.90 Å². The lowest BCUT2D eigenvalue weighted by molar-refractivity contribution is 0.101. The molecule has 0 atom stereocenters. The van der Waals surface area contributed by atoms with Crippen molar-refractivity contribution in [1.29, 1.82) is 0 Å². The first-order chi connectivity index (χ1) is 15.6. The van der Waals surface area contributed by atoms with Gasteiger partial charge in [0.15, 0.2) is 5.16 Å². The number of carbonyl (C=O) groups excluding carboxylic acids is 1. The molecule has 32 heavy (non-hydrogen) atoms. The van der Waals surface area contributed by atoms with Gasteiger partial charge in [0, 0.05) is 22.5 Å². The highest BCUT2D eigenvalue weighted by molar-refractivity contribution is 7.99. The first kappa shape index (κ1) is 22.0. The lowest BCUT2D eigenvalue weighted by atomic mass is 10.2. The van der Waals surface area contributed by atoms with Crippen LogP contribution in [0, 0.1) is 12.7 Å². The summed E-state index contributed by atoms with van der Waals surface area (Å²) in [6.07, 6.45) is 1.65. The van der Waals surface area contributed by atoms with Crippen LogP contribution in [-0.2, 0) is 5.75 Å². The van der Waals surface area contributed by atoms with Crippen molar-refractivity contribution >= 4 is 35.1 Å². The Morgan fingerprint density at radius 1 is 0.969 bits per heavy atom. The smallest absolute Gasteiger partial charge is 0.275 e. The van der Waals surface area contributed by atoms with Crippen molar-refractivity contribution in [3.63, 3.8) is 0 Å². The predicted molar refractivity (Wildman–Crippen MR) is 128 cm³/mol. The summed E-state index contributed by atoms with van der Waals surface area (Å²) in [7, 11) is 0. The van der Waals surface area contributed by atoms with Crippen LogP contribution < -0.4 is 5.32 Å². The predicted octanol–water partition coefficient (Wildman–Crippen LogP) is 6.62. The molecule has 0 saturated carbocycles. The van der Waals surface area contributed by atoms with E-state index < -0.39 is 0 Å². The molecule has 1 heterocycles. The second kappa shape index (κ2) is 10.4. The van der Waals surface area contributed by atoms with Gasteiger partial charge < -0.3 is 5.32 Å². The molecule has 0 aliphatic carbocycles. The number of benzene rings is 3. The van der Waals surface area contributed by atoms with E-state index in [0.717, 1.165) is 10.5 Å². The van der Waals surface area contributed by atoms with Gasteiger partial charge in [-0.15, -0.1) is 0 Å². The summed E-state index contributed by atoms with van der Waals surface area (Å²) in [5, 5.41) is 3.33. The number of carbonyl (C=O) groups is 1. The number of hydrogen-bond acceptors (Lipinski definition) is 5. The van der Waals surface area contributed by atoms with Crippen molar-refractivity contribution in [3.8, 4) is 0 Å². The summed E-state index contributed by atoms with van der Waals surface area (Å²) in [6, 6.07) is 23.9. The molecule has 4 nitrogen and oxygen atoms in total. The number of aryl methyl sites for hydroxylation is 1. The average molecular weight is 462 g/mol. The maximum absolute atomic E-state index is 14.0. The molecule has 160 valence electrons. The molecule has 1 N–H and O–H groups in total. The van der Waals surface area contributed by atoms with E-state index in [1.807, 2.05) is 61.5 Å². The quantitative estimate of drug-likeness (QED) is 0.248. The maximum Gasteiger partial charge on any atom is 0.275 e. The van der Waals surface area contributed by atoms with E-state index in [1.165, 1.54) is 29.6 Å². The van der Waals surface area contributed by atoms with Gasteiger partial charge in [-0.2, -0.15) is 0 Å². The highest BCUT2D eigenvalue weighted by Gasteiger charge is 2.17. The van der Waals surface area contributed by atoms with Gasteiger partial charge in [-0.25, -0.2) is 14.4 Å². The Morgan fingerprint density at radius 3 is 2.44 bits per heavy atom. The Balaban J connectivity index is 1.60. The minimum absolute atomic E-state index is 0.270. The third kappa shape index (κ3) is 5.75. The van der Waals surface area contributed by atoms with Crippen LogP contribution in [0.3, 0.4) is 0 Å². The molecule has 3 aromatic carbocycles. The highest BCUT2D eigenvalue weighted by Crippen LogP contribution is 2.31. The van der Waals surface area contributed by atoms with Crippen LogP contribution in [-0.4, -0.2) is 15.9 Å². The number of amides is 1. The van der Waals surface area contributed by atoms with E-state index in [4.69, 9.17) is 0 Å². The molecule has 1 amide bonds. The Bertz CT molecular complexity index is 1220. The Morgan fingerprint density at radius 2 is 1.69 bits per heavy atom. The number of rotatable bonds is 7. The molecule has 7 heteroatoms. The zero-order chi connectivity index (χ0) is 22.3. The first-order valence-corrected chi connectivity index (χ1v) is 11.7. The molecule has 4 rings (SSSR count). The number of halogens is 1. The molecule has 4 aromatic rings. The van der Waals surface area contributed by atoms with Crippen LogP contribution in [0.4, 0.5) is 10.1 Å². The number of nitrogens with zero attached hydrogens (tertiary/aromatic N) is 2. The molecule has 1 aromatic heterocycles. The summed E-state index contributed by atoms with van der Waals surface area (Å²) in [6.45, 7) is 1.99. The van der Waals surface area contributed by atoms with Crippen molar-refractivity contribution in [2.75, 3.05) is 5.32 Å². The standard InChI is InChI=1S/C25H20FN3OS2/c1-17-11-13-19(14-12-17)28-24(30)23-22(32-20-8-3-2-4-9-20)15-27-25(29-23)31-16-18-7-5-6-10-21(18)26/h2-15H,16H2,1H3,(H,28,30). The van der Waals surface area contributed by atoms with Gasteiger partial charge in [-0.3, -0.25) is 4.79 Å². The Labute approximate surface area is 194 Å². The van der Waals surface area contributed by atoms with E-state index in [9.17, 15) is 9.18 Å². The monoisotopic (exact) mass is 461 g/mol. The number of aromatic nitrogens is 2. The molecule has 0 saturated heterocycles. The van der Waals surface area contributed by atoms with Crippen molar-refractivity contribution in [1.82, 2.24) is 9.97 Å². The summed E-state index contributed by atoms with van der Waals surface area (Å²) in [5.41, 5.74) is 2.65. The zero-order valence-corrected chi connectivity index (χ0v) is 18.9. The fourth-order valence-electron chi connectivity index (χ4n) is 2.86. The minimum atomic E-state index is -0.317. The van der Waals surface area contributed by atoms with Gasteiger partial charge in [0.25, 0.3) is 5.91 Å². The number of hydrogen-bond donors (Lipinski definition) is 1. The van der Waals surface area contributed by atoms with Crippen LogP contribution in [0.25, 0.3) is 0 Å². The Kier molecular flexibility index (Phi) is 7.19. The molecule has 0 unspecified atom stereocenters. The molecule has 0 radical (unpaired) electrons. The van der Waals surface area contributed by atoms with E-state index in [2.05, 4.69) is 15.3 Å². The highest BCUT2D eigenvalue weighted by atomic mass is 32.2. The average Bonchev–Trinajstić information content (AvgIpc) is 2.81. The van der Waals surface area contributed by atoms with Gasteiger partial charge in [0.2, 0.25) is 0 Å². The normalized spacial score (nSPS) is 10.7. The minimum Gasteiger partial charge on any atom is -0.321 e. The van der Waals surface area contributed by atoms with E-state index in [0.29, 0.717) is 27.1 Å². The largest absolute Gasteiger partial charge is 0.321 e. The van der Waals surface area contributed by atoms with Crippen molar-refractivity contribution in [2.45, 2.75) is 27.6 Å². The lowest BCUT2D eigenvalue weighted by Crippen LogP contribution is -2.16. The summed E-state index contributed by atoms with van der Waals surface area (Å²) in [5.74, 6) is -0.215. The van der Waals surface area contributed by atoms with Crippen molar-refractivity contribution < 1.29 is 9.18 Å². The lowest BCUT2D eigenvalue weighted by Gasteiger charge is -2.11. The molecular formula is C25H20FN3OS2. The first-order valence-electron chi connectivity index (χ1n) is 9.92. The maximum atomic E-state index is 14.0. The van der Waals surface area contributed by atoms with Gasteiger partial charge in [-0.05, 0) is 42.8 Å². The van der Waals surface area contributed by atoms with Gasteiger partial charge in [0.1, 0.15) is 11.5 Å². The molecule has 0 fully saturated rings. The fourth-order valence-corrected chi connectivity index (χ4v) is 4.55. The second-order valence-electron chi connectivity index (χ2n) is 6.98. The summed E-state index contributed by atoms with van der Waals surface area (Å²) >= 11 is 2.72. The molecule has 0 aliphatic heterocycles. The molecule has 0 spiro atoms. The number of nitrogens with one attached hydrogen (secondary N) is 1. The van der Waals surface area contributed by atoms with Crippen LogP contribution in [0.5, 0.6) is 0 Å². The molecule has 0 bridgehead atoms. The number of anilines is 1. The van der Waals surface area contributed by atoms with Crippen LogP contribution in [0.15, 0.2) is 100 Å². The van der Waals surface area contributed by atoms with Crippen molar-refractivity contribution in [2.24, 2.45) is 0 Å². The Hall–Kier alpha value is -3.16. The third-order valence-electron chi connectivity index (χ3n) is 4.54. The second-order valence-corrected chi connectivity index (χ2v) is 9.04. The number of thioether (sulfide) groups is 1. The van der Waals surface area contributed by atoms with Crippen LogP contribution in [0.2, 0.25) is 0 Å². The summed E-state index contributed by atoms with van der Waals surface area (Å²) in [4.78, 5) is 23.7. The van der Waals surface area contributed by atoms with E-state index in [-0.39, 0.29) is 17.4 Å². The van der Waals surface area contributed by atoms with Gasteiger partial charge in [-0.1, -0.05) is 77.6 Å². The topological polar surface area (TPSA) is 54.9 Å². The molecule has 0 aliphatic rings. The van der Waals surface area contributed by atoms with Crippen LogP contribution >= 0.6 is 23.5 Å². The van der Waals surface area contributed by atoms with Gasteiger partial charge >= 0.3 is 0 Å². The zero-order valence-electron chi connectivity index (χ0n) is 17.3. The van der Waals surface area contributed by atoms with Crippen molar-refractivity contribution in [3.05, 3.63) is 108 Å². The SMILES string of the molecule is Cc1ccc(NC(=O)c2nc(SCc3ccccc3F)ncc2Sc2ccccc2)cc1. The van der Waals surface area contributed by atoms with E-state index in [1.54, 1.807) is 24.4 Å². The summed E-state index contributed by atoms with van der Waals surface area (Å²) < 4.78 is 14.0. The third-order valence-corrected chi connectivity index (χ3v) is 6.48. The molecular weight excluding hydrogens is 441 g/mol. The fraction of sp³-hybridized carbons (Fsp3) is 0.0800. The van der Waals surface area contributed by atoms with Crippen LogP contribution in [0.1, 0.15) is 21.6 Å². The van der Waals surface area contributed by atoms with E-state index >= 15 is 0 Å².